The number of benzene rings is 2. The molecule has 0 aliphatic carbocycles. The number of carbonyl (C=O) groups excluding carboxylic acids is 1. The Hall–Kier alpha value is -2.66. The second kappa shape index (κ2) is 6.22. The third-order valence-corrected chi connectivity index (χ3v) is 3.60. The van der Waals surface area contributed by atoms with E-state index in [-0.39, 0.29) is 5.91 Å². The van der Waals surface area contributed by atoms with Crippen LogP contribution < -0.4 is 5.32 Å². The van der Waals surface area contributed by atoms with Crippen molar-refractivity contribution in [3.63, 3.8) is 0 Å². The van der Waals surface area contributed by atoms with E-state index in [9.17, 15) is 4.79 Å². The molecule has 0 radical (unpaired) electrons. The van der Waals surface area contributed by atoms with Crippen LogP contribution in [-0.2, 0) is 0 Å². The molecule has 2 aromatic carbocycles. The standard InChI is InChI=1S/C17H14ClN3O2/c1-10-6-7-15(14(18)8-10)20-17(22)13-5-3-4-12(9-13)16-19-11(2)23-21-16/h3-9H,1-2H3,(H,20,22). The fourth-order valence-corrected chi connectivity index (χ4v) is 2.41. The van der Waals surface area contributed by atoms with Crippen LogP contribution in [0, 0.1) is 13.8 Å². The van der Waals surface area contributed by atoms with Gasteiger partial charge in [-0.2, -0.15) is 4.98 Å². The predicted octanol–water partition coefficient (Wildman–Crippen LogP) is 4.26. The monoisotopic (exact) mass is 327 g/mol. The summed E-state index contributed by atoms with van der Waals surface area (Å²) in [6, 6.07) is 12.5. The first-order valence-electron chi connectivity index (χ1n) is 7.01. The summed E-state index contributed by atoms with van der Waals surface area (Å²) in [7, 11) is 0. The molecule has 23 heavy (non-hydrogen) atoms. The molecule has 0 fully saturated rings. The summed E-state index contributed by atoms with van der Waals surface area (Å²) >= 11 is 6.14. The van der Waals surface area contributed by atoms with E-state index in [0.717, 1.165) is 5.56 Å². The van der Waals surface area contributed by atoms with Crippen LogP contribution in [0.1, 0.15) is 21.8 Å². The van der Waals surface area contributed by atoms with Crippen molar-refractivity contribution >= 4 is 23.2 Å². The van der Waals surface area contributed by atoms with E-state index < -0.39 is 0 Å². The fraction of sp³-hybridized carbons (Fsp3) is 0.118. The lowest BCUT2D eigenvalue weighted by atomic mass is 10.1. The zero-order valence-electron chi connectivity index (χ0n) is 12.6. The van der Waals surface area contributed by atoms with Gasteiger partial charge in [0, 0.05) is 18.1 Å². The van der Waals surface area contributed by atoms with Crippen molar-refractivity contribution < 1.29 is 9.32 Å². The van der Waals surface area contributed by atoms with Gasteiger partial charge in [-0.3, -0.25) is 4.79 Å². The van der Waals surface area contributed by atoms with Gasteiger partial charge in [0.05, 0.1) is 10.7 Å². The van der Waals surface area contributed by atoms with Crippen molar-refractivity contribution in [1.82, 2.24) is 10.1 Å². The zero-order chi connectivity index (χ0) is 16.4. The molecule has 1 amide bonds. The van der Waals surface area contributed by atoms with Crippen LogP contribution in [0.5, 0.6) is 0 Å². The number of amides is 1. The number of hydrogen-bond donors (Lipinski definition) is 1. The van der Waals surface area contributed by atoms with Crippen molar-refractivity contribution in [2.24, 2.45) is 0 Å². The van der Waals surface area contributed by atoms with Gasteiger partial charge in [-0.1, -0.05) is 35.0 Å². The number of carbonyl (C=O) groups is 1. The second-order valence-electron chi connectivity index (χ2n) is 5.16. The average molecular weight is 328 g/mol. The number of halogens is 1. The first kappa shape index (κ1) is 15.2. The highest BCUT2D eigenvalue weighted by Crippen LogP contribution is 2.24. The molecule has 0 bridgehead atoms. The summed E-state index contributed by atoms with van der Waals surface area (Å²) in [5.74, 6) is 0.671. The number of nitrogens with one attached hydrogen (secondary N) is 1. The fourth-order valence-electron chi connectivity index (χ4n) is 2.13. The Morgan fingerprint density at radius 1 is 1.17 bits per heavy atom. The van der Waals surface area contributed by atoms with Gasteiger partial charge in [-0.05, 0) is 36.8 Å². The lowest BCUT2D eigenvalue weighted by molar-refractivity contribution is 0.102. The van der Waals surface area contributed by atoms with Gasteiger partial charge < -0.3 is 9.84 Å². The highest BCUT2D eigenvalue weighted by molar-refractivity contribution is 6.34. The lowest BCUT2D eigenvalue weighted by Gasteiger charge is -2.08. The molecule has 5 nitrogen and oxygen atoms in total. The molecule has 116 valence electrons. The molecule has 0 unspecified atom stereocenters. The summed E-state index contributed by atoms with van der Waals surface area (Å²) in [5.41, 5.74) is 2.80. The smallest absolute Gasteiger partial charge is 0.255 e. The summed E-state index contributed by atoms with van der Waals surface area (Å²) in [6.07, 6.45) is 0. The minimum absolute atomic E-state index is 0.252. The molecular weight excluding hydrogens is 314 g/mol. The van der Waals surface area contributed by atoms with Gasteiger partial charge in [0.25, 0.3) is 5.91 Å². The number of nitrogens with zero attached hydrogens (tertiary/aromatic N) is 2. The molecule has 0 aliphatic heterocycles. The van der Waals surface area contributed by atoms with Gasteiger partial charge in [0.1, 0.15) is 0 Å². The minimum Gasteiger partial charge on any atom is -0.339 e. The van der Waals surface area contributed by atoms with Crippen LogP contribution in [0.4, 0.5) is 5.69 Å². The third-order valence-electron chi connectivity index (χ3n) is 3.28. The third kappa shape index (κ3) is 3.40. The lowest BCUT2D eigenvalue weighted by Crippen LogP contribution is -2.12. The van der Waals surface area contributed by atoms with Crippen molar-refractivity contribution in [3.8, 4) is 11.4 Å². The normalized spacial score (nSPS) is 10.6. The maximum absolute atomic E-state index is 12.4. The molecule has 1 aromatic heterocycles. The van der Waals surface area contributed by atoms with Crippen LogP contribution in [0.2, 0.25) is 5.02 Å². The molecule has 0 atom stereocenters. The summed E-state index contributed by atoms with van der Waals surface area (Å²) < 4.78 is 4.96. The quantitative estimate of drug-likeness (QED) is 0.780. The van der Waals surface area contributed by atoms with Crippen molar-refractivity contribution in [3.05, 3.63) is 64.5 Å². The van der Waals surface area contributed by atoms with Crippen LogP contribution in [-0.4, -0.2) is 16.0 Å². The highest BCUT2D eigenvalue weighted by atomic mass is 35.5. The van der Waals surface area contributed by atoms with E-state index in [1.165, 1.54) is 0 Å². The molecule has 0 saturated heterocycles. The van der Waals surface area contributed by atoms with Crippen LogP contribution in [0.3, 0.4) is 0 Å². The number of rotatable bonds is 3. The number of aromatic nitrogens is 2. The van der Waals surface area contributed by atoms with Crippen LogP contribution >= 0.6 is 11.6 Å². The maximum Gasteiger partial charge on any atom is 0.255 e. The van der Waals surface area contributed by atoms with Gasteiger partial charge in [0.2, 0.25) is 11.7 Å². The van der Waals surface area contributed by atoms with Crippen molar-refractivity contribution in [1.29, 1.82) is 0 Å². The molecule has 3 rings (SSSR count). The van der Waals surface area contributed by atoms with E-state index in [1.54, 1.807) is 37.3 Å². The van der Waals surface area contributed by atoms with E-state index in [2.05, 4.69) is 15.5 Å². The minimum atomic E-state index is -0.252. The second-order valence-corrected chi connectivity index (χ2v) is 5.56. The molecule has 3 aromatic rings. The predicted molar refractivity (Wildman–Crippen MR) is 88.6 cm³/mol. The SMILES string of the molecule is Cc1ccc(NC(=O)c2cccc(-c3noc(C)n3)c2)c(Cl)c1. The number of anilines is 1. The highest BCUT2D eigenvalue weighted by Gasteiger charge is 2.12. The van der Waals surface area contributed by atoms with Crippen LogP contribution in [0.15, 0.2) is 47.0 Å². The molecule has 0 saturated carbocycles. The van der Waals surface area contributed by atoms with Gasteiger partial charge >= 0.3 is 0 Å². The molecule has 0 spiro atoms. The number of hydrogen-bond acceptors (Lipinski definition) is 4. The Balaban J connectivity index is 1.85. The van der Waals surface area contributed by atoms with Crippen LogP contribution in [0.25, 0.3) is 11.4 Å². The van der Waals surface area contributed by atoms with Gasteiger partial charge in [-0.15, -0.1) is 0 Å². The van der Waals surface area contributed by atoms with Gasteiger partial charge in [-0.25, -0.2) is 0 Å². The van der Waals surface area contributed by atoms with Crippen molar-refractivity contribution in [2.45, 2.75) is 13.8 Å². The largest absolute Gasteiger partial charge is 0.339 e. The summed E-state index contributed by atoms with van der Waals surface area (Å²) in [6.45, 7) is 3.65. The molecule has 6 heteroatoms. The average Bonchev–Trinajstić information content (AvgIpc) is 2.97. The number of aryl methyl sites for hydroxylation is 2. The Morgan fingerprint density at radius 3 is 2.70 bits per heavy atom. The topological polar surface area (TPSA) is 68.0 Å². The molecule has 1 N–H and O–H groups in total. The van der Waals surface area contributed by atoms with E-state index in [4.69, 9.17) is 16.1 Å². The van der Waals surface area contributed by atoms with Crippen molar-refractivity contribution in [2.75, 3.05) is 5.32 Å². The zero-order valence-corrected chi connectivity index (χ0v) is 13.4. The Kier molecular flexibility index (Phi) is 4.12. The summed E-state index contributed by atoms with van der Waals surface area (Å²) in [5, 5.41) is 7.16. The first-order valence-corrected chi connectivity index (χ1v) is 7.39. The maximum atomic E-state index is 12.4. The molecule has 1 heterocycles. The Bertz CT molecular complexity index is 874. The summed E-state index contributed by atoms with van der Waals surface area (Å²) in [4.78, 5) is 16.6. The molecule has 0 aliphatic rings. The van der Waals surface area contributed by atoms with E-state index in [0.29, 0.717) is 33.6 Å². The Labute approximate surface area is 138 Å². The Morgan fingerprint density at radius 2 is 2.00 bits per heavy atom. The molecular formula is C17H14ClN3O2. The van der Waals surface area contributed by atoms with Gasteiger partial charge in [0.15, 0.2) is 0 Å². The van der Waals surface area contributed by atoms with E-state index >= 15 is 0 Å². The van der Waals surface area contributed by atoms with E-state index in [1.807, 2.05) is 19.1 Å². The first-order chi connectivity index (χ1) is 11.0.